The highest BCUT2D eigenvalue weighted by Crippen LogP contribution is 2.26. The minimum Gasteiger partial charge on any atom is -0.398 e. The predicted molar refractivity (Wildman–Crippen MR) is 78.3 cm³/mol. The van der Waals surface area contributed by atoms with E-state index < -0.39 is 0 Å². The molecule has 0 bridgehead atoms. The number of aromatic nitrogens is 4. The minimum atomic E-state index is -0.387. The zero-order valence-electron chi connectivity index (χ0n) is 11.5. The van der Waals surface area contributed by atoms with Gasteiger partial charge in [0.1, 0.15) is 5.82 Å². The second kappa shape index (κ2) is 5.32. The first kappa shape index (κ1) is 13.2. The molecule has 3 aromatic rings. The van der Waals surface area contributed by atoms with Crippen LogP contribution in [0.2, 0.25) is 0 Å². The molecule has 1 aromatic heterocycles. The van der Waals surface area contributed by atoms with Crippen molar-refractivity contribution < 1.29 is 4.39 Å². The van der Waals surface area contributed by atoms with Gasteiger partial charge in [-0.15, -0.1) is 5.10 Å². The van der Waals surface area contributed by atoms with Gasteiger partial charge in [0, 0.05) is 11.3 Å². The summed E-state index contributed by atoms with van der Waals surface area (Å²) in [7, 11) is 0. The maximum absolute atomic E-state index is 13.2. The fourth-order valence-corrected chi connectivity index (χ4v) is 2.14. The Bertz CT molecular complexity index is 764. The Kier molecular flexibility index (Phi) is 3.35. The smallest absolute Gasteiger partial charge is 0.189 e. The number of hydrogen-bond donors (Lipinski definition) is 1. The summed E-state index contributed by atoms with van der Waals surface area (Å²) in [6, 6.07) is 12.1. The van der Waals surface area contributed by atoms with Crippen LogP contribution in [-0.2, 0) is 6.42 Å². The molecule has 2 aromatic carbocycles. The number of tetrazole rings is 1. The second-order valence-electron chi connectivity index (χ2n) is 4.67. The third-order valence-corrected chi connectivity index (χ3v) is 3.31. The third kappa shape index (κ3) is 2.47. The van der Waals surface area contributed by atoms with Crippen molar-refractivity contribution in [3.63, 3.8) is 0 Å². The van der Waals surface area contributed by atoms with Gasteiger partial charge in [-0.05, 0) is 52.7 Å². The quantitative estimate of drug-likeness (QED) is 0.750. The molecule has 0 saturated heterocycles. The molecule has 106 valence electrons. The first-order valence-corrected chi connectivity index (χ1v) is 6.62. The van der Waals surface area contributed by atoms with E-state index in [-0.39, 0.29) is 5.82 Å². The van der Waals surface area contributed by atoms with Gasteiger partial charge in [-0.25, -0.2) is 4.39 Å². The van der Waals surface area contributed by atoms with E-state index in [0.29, 0.717) is 17.1 Å². The third-order valence-electron chi connectivity index (χ3n) is 3.31. The van der Waals surface area contributed by atoms with Gasteiger partial charge in [-0.1, -0.05) is 19.1 Å². The van der Waals surface area contributed by atoms with Crippen LogP contribution in [0.1, 0.15) is 12.5 Å². The van der Waals surface area contributed by atoms with Gasteiger partial charge in [0.2, 0.25) is 0 Å². The van der Waals surface area contributed by atoms with Crippen LogP contribution >= 0.6 is 0 Å². The molecule has 0 aliphatic rings. The topological polar surface area (TPSA) is 69.6 Å². The predicted octanol–water partition coefficient (Wildman–Crippen LogP) is 2.61. The molecule has 0 fully saturated rings. The number of halogens is 1. The van der Waals surface area contributed by atoms with Gasteiger partial charge in [-0.2, -0.15) is 4.68 Å². The van der Waals surface area contributed by atoms with Crippen LogP contribution in [0.5, 0.6) is 0 Å². The summed E-state index contributed by atoms with van der Waals surface area (Å²) in [5, 5.41) is 11.7. The number of aryl methyl sites for hydroxylation is 1. The van der Waals surface area contributed by atoms with E-state index >= 15 is 0 Å². The molecule has 21 heavy (non-hydrogen) atoms. The highest BCUT2D eigenvalue weighted by Gasteiger charge is 2.13. The molecule has 0 amide bonds. The maximum atomic E-state index is 13.2. The molecule has 5 nitrogen and oxygen atoms in total. The zero-order chi connectivity index (χ0) is 14.8. The first-order chi connectivity index (χ1) is 10.2. The number of nitrogens with two attached hydrogens (primary N) is 1. The van der Waals surface area contributed by atoms with Crippen LogP contribution < -0.4 is 5.73 Å². The Morgan fingerprint density at radius 1 is 1.14 bits per heavy atom. The molecule has 6 heteroatoms. The number of rotatable bonds is 3. The van der Waals surface area contributed by atoms with Crippen LogP contribution in [0.3, 0.4) is 0 Å². The average molecular weight is 283 g/mol. The van der Waals surface area contributed by atoms with E-state index in [2.05, 4.69) is 22.4 Å². The highest BCUT2D eigenvalue weighted by molar-refractivity contribution is 5.72. The maximum Gasteiger partial charge on any atom is 0.189 e. The summed E-state index contributed by atoms with van der Waals surface area (Å²) in [5.41, 5.74) is 8.82. The van der Waals surface area contributed by atoms with Gasteiger partial charge in [0.25, 0.3) is 0 Å². The van der Waals surface area contributed by atoms with Crippen molar-refractivity contribution in [2.45, 2.75) is 13.3 Å². The molecule has 0 aliphatic carbocycles. The van der Waals surface area contributed by atoms with Crippen molar-refractivity contribution in [2.24, 2.45) is 0 Å². The normalized spacial score (nSPS) is 10.8. The molecule has 0 radical (unpaired) electrons. The first-order valence-electron chi connectivity index (χ1n) is 6.62. The van der Waals surface area contributed by atoms with E-state index in [4.69, 9.17) is 5.73 Å². The van der Waals surface area contributed by atoms with Gasteiger partial charge >= 0.3 is 0 Å². The Hall–Kier alpha value is -2.76. The van der Waals surface area contributed by atoms with Gasteiger partial charge in [0.15, 0.2) is 5.82 Å². The summed E-state index contributed by atoms with van der Waals surface area (Å²) in [6.07, 6.45) is 0.966. The second-order valence-corrected chi connectivity index (χ2v) is 4.67. The SMILES string of the molecule is CCc1ccc(-n2nnnc2-c2ccc(F)cc2N)cc1. The van der Waals surface area contributed by atoms with E-state index in [0.717, 1.165) is 12.1 Å². The van der Waals surface area contributed by atoms with Crippen molar-refractivity contribution in [3.05, 3.63) is 53.8 Å². The molecular weight excluding hydrogens is 269 g/mol. The average Bonchev–Trinajstić information content (AvgIpc) is 2.96. The van der Waals surface area contributed by atoms with Crippen molar-refractivity contribution in [2.75, 3.05) is 5.73 Å². The van der Waals surface area contributed by atoms with Gasteiger partial charge in [0.05, 0.1) is 5.69 Å². The van der Waals surface area contributed by atoms with Gasteiger partial charge < -0.3 is 5.73 Å². The summed E-state index contributed by atoms with van der Waals surface area (Å²) < 4.78 is 14.7. The van der Waals surface area contributed by atoms with Crippen LogP contribution in [0.15, 0.2) is 42.5 Å². The molecule has 0 aliphatic heterocycles. The molecule has 1 heterocycles. The number of hydrogen-bond acceptors (Lipinski definition) is 4. The molecule has 0 unspecified atom stereocenters. The fraction of sp³-hybridized carbons (Fsp3) is 0.133. The molecule has 0 saturated carbocycles. The van der Waals surface area contributed by atoms with E-state index in [1.165, 1.54) is 17.7 Å². The van der Waals surface area contributed by atoms with E-state index in [9.17, 15) is 4.39 Å². The minimum absolute atomic E-state index is 0.302. The number of nitrogens with zero attached hydrogens (tertiary/aromatic N) is 4. The van der Waals surface area contributed by atoms with Crippen molar-refractivity contribution in [1.29, 1.82) is 0 Å². The molecular formula is C15H14FN5. The van der Waals surface area contributed by atoms with E-state index in [1.54, 1.807) is 10.7 Å². The lowest BCUT2D eigenvalue weighted by molar-refractivity contribution is 0.628. The monoisotopic (exact) mass is 283 g/mol. The Morgan fingerprint density at radius 2 is 1.90 bits per heavy atom. The lowest BCUT2D eigenvalue weighted by Gasteiger charge is -2.07. The van der Waals surface area contributed by atoms with Crippen LogP contribution in [0.4, 0.5) is 10.1 Å². The Labute approximate surface area is 121 Å². The van der Waals surface area contributed by atoms with E-state index in [1.807, 2.05) is 24.3 Å². The number of anilines is 1. The Balaban J connectivity index is 2.07. The summed E-state index contributed by atoms with van der Waals surface area (Å²) >= 11 is 0. The molecule has 0 spiro atoms. The van der Waals surface area contributed by atoms with Crippen molar-refractivity contribution in [3.8, 4) is 17.1 Å². The highest BCUT2D eigenvalue weighted by atomic mass is 19.1. The molecule has 3 rings (SSSR count). The summed E-state index contributed by atoms with van der Waals surface area (Å²) in [6.45, 7) is 2.09. The molecule has 0 atom stereocenters. The van der Waals surface area contributed by atoms with Gasteiger partial charge in [-0.3, -0.25) is 0 Å². The number of nitrogen functional groups attached to an aromatic ring is 1. The summed E-state index contributed by atoms with van der Waals surface area (Å²) in [5.74, 6) is 0.0966. The van der Waals surface area contributed by atoms with Crippen molar-refractivity contribution >= 4 is 5.69 Å². The fourth-order valence-electron chi connectivity index (χ4n) is 2.14. The zero-order valence-corrected chi connectivity index (χ0v) is 11.5. The standard InChI is InChI=1S/C15H14FN5/c1-2-10-3-6-12(7-4-10)21-15(18-19-20-21)13-8-5-11(16)9-14(13)17/h3-9H,2,17H2,1H3. The largest absolute Gasteiger partial charge is 0.398 e. The van der Waals surface area contributed by atoms with Crippen molar-refractivity contribution in [1.82, 2.24) is 20.2 Å². The molecule has 2 N–H and O–H groups in total. The number of benzene rings is 2. The van der Waals surface area contributed by atoms with Crippen LogP contribution in [0.25, 0.3) is 17.1 Å². The lowest BCUT2D eigenvalue weighted by atomic mass is 10.1. The van der Waals surface area contributed by atoms with Crippen LogP contribution in [-0.4, -0.2) is 20.2 Å². The summed E-state index contributed by atoms with van der Waals surface area (Å²) in [4.78, 5) is 0. The lowest BCUT2D eigenvalue weighted by Crippen LogP contribution is -2.02. The Morgan fingerprint density at radius 3 is 2.57 bits per heavy atom. The van der Waals surface area contributed by atoms with Crippen LogP contribution in [0, 0.1) is 5.82 Å².